The summed E-state index contributed by atoms with van der Waals surface area (Å²) in [5, 5.41) is 22.3. The SMILES string of the molecule is Cc1c([N+](=O)[O-])cc(COC(=O)c2ccccc2C(=O)OCC(C)C)cc1[N+](=O)[O-]. The van der Waals surface area contributed by atoms with Crippen LogP contribution in [0.2, 0.25) is 0 Å². The van der Waals surface area contributed by atoms with Gasteiger partial charge in [0, 0.05) is 17.7 Å². The van der Waals surface area contributed by atoms with Crippen LogP contribution >= 0.6 is 0 Å². The summed E-state index contributed by atoms with van der Waals surface area (Å²) in [4.78, 5) is 45.6. The maximum absolute atomic E-state index is 12.5. The molecule has 0 radical (unpaired) electrons. The molecule has 10 nitrogen and oxygen atoms in total. The van der Waals surface area contributed by atoms with Gasteiger partial charge in [-0.05, 0) is 25.0 Å². The Morgan fingerprint density at radius 3 is 1.83 bits per heavy atom. The van der Waals surface area contributed by atoms with Gasteiger partial charge in [-0.15, -0.1) is 0 Å². The van der Waals surface area contributed by atoms with Crippen LogP contribution in [0.5, 0.6) is 0 Å². The number of rotatable bonds is 8. The van der Waals surface area contributed by atoms with Crippen molar-refractivity contribution in [2.45, 2.75) is 27.4 Å². The number of benzene rings is 2. The molecule has 0 aliphatic rings. The summed E-state index contributed by atoms with van der Waals surface area (Å²) in [6.07, 6.45) is 0. The van der Waals surface area contributed by atoms with Crippen molar-refractivity contribution in [1.82, 2.24) is 0 Å². The van der Waals surface area contributed by atoms with Crippen molar-refractivity contribution in [3.8, 4) is 0 Å². The van der Waals surface area contributed by atoms with Gasteiger partial charge in [-0.2, -0.15) is 0 Å². The summed E-state index contributed by atoms with van der Waals surface area (Å²) >= 11 is 0. The van der Waals surface area contributed by atoms with Gasteiger partial charge in [0.15, 0.2) is 0 Å². The van der Waals surface area contributed by atoms with Crippen LogP contribution < -0.4 is 0 Å². The number of ether oxygens (including phenoxy) is 2. The summed E-state index contributed by atoms with van der Waals surface area (Å²) in [5.41, 5.74) is -0.947. The number of nitrogens with zero attached hydrogens (tertiary/aromatic N) is 2. The minimum Gasteiger partial charge on any atom is -0.462 e. The third-order valence-corrected chi connectivity index (χ3v) is 4.09. The second kappa shape index (κ2) is 9.59. The van der Waals surface area contributed by atoms with Crippen LogP contribution in [0.25, 0.3) is 0 Å². The molecule has 0 saturated carbocycles. The molecule has 2 aromatic rings. The van der Waals surface area contributed by atoms with Crippen LogP contribution in [0.3, 0.4) is 0 Å². The molecule has 30 heavy (non-hydrogen) atoms. The highest BCUT2D eigenvalue weighted by molar-refractivity contribution is 6.03. The van der Waals surface area contributed by atoms with Gasteiger partial charge in [-0.1, -0.05) is 26.0 Å². The quantitative estimate of drug-likeness (QED) is 0.358. The van der Waals surface area contributed by atoms with Gasteiger partial charge in [0.1, 0.15) is 12.2 Å². The molecule has 10 heteroatoms. The average molecular weight is 416 g/mol. The molecule has 0 fully saturated rings. The van der Waals surface area contributed by atoms with Gasteiger partial charge in [0.25, 0.3) is 11.4 Å². The molecule has 0 atom stereocenters. The van der Waals surface area contributed by atoms with Crippen molar-refractivity contribution < 1.29 is 28.9 Å². The van der Waals surface area contributed by atoms with E-state index in [1.54, 1.807) is 6.07 Å². The van der Waals surface area contributed by atoms with Crippen LogP contribution in [0.4, 0.5) is 11.4 Å². The summed E-state index contributed by atoms with van der Waals surface area (Å²) in [7, 11) is 0. The smallest absolute Gasteiger partial charge is 0.339 e. The van der Waals surface area contributed by atoms with Crippen LogP contribution in [0.1, 0.15) is 45.7 Å². The maximum Gasteiger partial charge on any atom is 0.339 e. The lowest BCUT2D eigenvalue weighted by Crippen LogP contribution is -2.16. The number of hydrogen-bond donors (Lipinski definition) is 0. The largest absolute Gasteiger partial charge is 0.462 e. The Morgan fingerprint density at radius 1 is 0.933 bits per heavy atom. The minimum absolute atomic E-state index is 0.0176. The van der Waals surface area contributed by atoms with Crippen molar-refractivity contribution in [2.75, 3.05) is 6.61 Å². The van der Waals surface area contributed by atoms with E-state index < -0.39 is 39.8 Å². The standard InChI is InChI=1S/C20H20N2O8/c1-12(2)10-29-19(23)15-6-4-5-7-16(15)20(24)30-11-14-8-17(21(25)26)13(3)18(9-14)22(27)28/h4-9,12H,10-11H2,1-3H3. The van der Waals surface area contributed by atoms with Crippen LogP contribution in [0, 0.1) is 33.1 Å². The molecular formula is C20H20N2O8. The predicted octanol–water partition coefficient (Wildman–Crippen LogP) is 3.98. The molecule has 0 amide bonds. The molecule has 0 unspecified atom stereocenters. The monoisotopic (exact) mass is 416 g/mol. The zero-order valence-corrected chi connectivity index (χ0v) is 16.6. The maximum atomic E-state index is 12.5. The summed E-state index contributed by atoms with van der Waals surface area (Å²) in [6, 6.07) is 8.12. The number of carbonyl (C=O) groups is 2. The molecule has 0 N–H and O–H groups in total. The Bertz CT molecular complexity index is 965. The van der Waals surface area contributed by atoms with E-state index in [-0.39, 0.29) is 34.8 Å². The molecule has 0 saturated heterocycles. The molecule has 0 aromatic heterocycles. The highest BCUT2D eigenvalue weighted by Gasteiger charge is 2.24. The highest BCUT2D eigenvalue weighted by atomic mass is 16.6. The first-order chi connectivity index (χ1) is 14.1. The number of nitro benzene ring substituents is 2. The summed E-state index contributed by atoms with van der Waals surface area (Å²) in [5.74, 6) is -1.43. The number of carbonyl (C=O) groups excluding carboxylic acids is 2. The Hall–Kier alpha value is -3.82. The molecular weight excluding hydrogens is 396 g/mol. The first-order valence-corrected chi connectivity index (χ1v) is 8.97. The normalized spacial score (nSPS) is 10.5. The van der Waals surface area contributed by atoms with E-state index >= 15 is 0 Å². The second-order valence-electron chi connectivity index (χ2n) is 6.89. The molecule has 0 bridgehead atoms. The van der Waals surface area contributed by atoms with E-state index in [0.717, 1.165) is 12.1 Å². The molecule has 2 rings (SSSR count). The number of nitro groups is 2. The van der Waals surface area contributed by atoms with E-state index in [4.69, 9.17) is 9.47 Å². The third-order valence-electron chi connectivity index (χ3n) is 4.09. The summed E-state index contributed by atoms with van der Waals surface area (Å²) in [6.45, 7) is 4.74. The fraction of sp³-hybridized carbons (Fsp3) is 0.300. The highest BCUT2D eigenvalue weighted by Crippen LogP contribution is 2.29. The fourth-order valence-corrected chi connectivity index (χ4v) is 2.59. The van der Waals surface area contributed by atoms with Gasteiger partial charge in [-0.3, -0.25) is 20.2 Å². The van der Waals surface area contributed by atoms with Gasteiger partial charge >= 0.3 is 11.9 Å². The lowest BCUT2D eigenvalue weighted by molar-refractivity contribution is -0.395. The molecule has 0 aliphatic carbocycles. The Kier molecular flexibility index (Phi) is 7.18. The van der Waals surface area contributed by atoms with Gasteiger partial charge in [0.2, 0.25) is 0 Å². The Labute approximate surface area is 171 Å². The average Bonchev–Trinajstić information content (AvgIpc) is 2.70. The zero-order chi connectivity index (χ0) is 22.4. The lowest BCUT2D eigenvalue weighted by Gasteiger charge is -2.11. The second-order valence-corrected chi connectivity index (χ2v) is 6.89. The molecule has 0 heterocycles. The van der Waals surface area contributed by atoms with Crippen LogP contribution in [-0.2, 0) is 16.1 Å². The molecule has 158 valence electrons. The van der Waals surface area contributed by atoms with Crippen molar-refractivity contribution in [3.63, 3.8) is 0 Å². The molecule has 0 aliphatic heterocycles. The predicted molar refractivity (Wildman–Crippen MR) is 105 cm³/mol. The van der Waals surface area contributed by atoms with Gasteiger partial charge in [-0.25, -0.2) is 9.59 Å². The first-order valence-electron chi connectivity index (χ1n) is 8.97. The summed E-state index contributed by atoms with van der Waals surface area (Å²) < 4.78 is 10.3. The van der Waals surface area contributed by atoms with Crippen molar-refractivity contribution in [1.29, 1.82) is 0 Å². The fourth-order valence-electron chi connectivity index (χ4n) is 2.59. The third kappa shape index (κ3) is 5.37. The lowest BCUT2D eigenvalue weighted by atomic mass is 10.1. The van der Waals surface area contributed by atoms with Gasteiger partial charge in [0.05, 0.1) is 27.6 Å². The van der Waals surface area contributed by atoms with E-state index in [0.29, 0.717) is 0 Å². The van der Waals surface area contributed by atoms with Gasteiger partial charge < -0.3 is 9.47 Å². The van der Waals surface area contributed by atoms with Crippen LogP contribution in [-0.4, -0.2) is 28.4 Å². The van der Waals surface area contributed by atoms with E-state index in [2.05, 4.69) is 0 Å². The molecule has 0 spiro atoms. The topological polar surface area (TPSA) is 139 Å². The minimum atomic E-state index is -0.863. The van der Waals surface area contributed by atoms with Crippen molar-refractivity contribution in [3.05, 3.63) is 78.9 Å². The van der Waals surface area contributed by atoms with E-state index in [1.165, 1.54) is 25.1 Å². The zero-order valence-electron chi connectivity index (χ0n) is 16.6. The number of esters is 2. The molecule has 2 aromatic carbocycles. The van der Waals surface area contributed by atoms with Crippen molar-refractivity contribution in [2.24, 2.45) is 5.92 Å². The van der Waals surface area contributed by atoms with Crippen molar-refractivity contribution >= 4 is 23.3 Å². The first kappa shape index (κ1) is 22.5. The van der Waals surface area contributed by atoms with E-state index in [1.807, 2.05) is 13.8 Å². The number of hydrogen-bond acceptors (Lipinski definition) is 8. The Balaban J connectivity index is 2.24. The Morgan fingerprint density at radius 2 is 1.40 bits per heavy atom. The van der Waals surface area contributed by atoms with E-state index in [9.17, 15) is 29.8 Å². The van der Waals surface area contributed by atoms with Crippen LogP contribution in [0.15, 0.2) is 36.4 Å².